The molecule has 21 heavy (non-hydrogen) atoms. The minimum absolute atomic E-state index is 0.0519. The van der Waals surface area contributed by atoms with Gasteiger partial charge in [-0.2, -0.15) is 0 Å². The molecule has 5 heteroatoms. The van der Waals surface area contributed by atoms with Gasteiger partial charge in [-0.25, -0.2) is 4.39 Å². The zero-order valence-corrected chi connectivity index (χ0v) is 12.1. The number of carbonyl (C=O) groups excluding carboxylic acids is 2. The van der Waals surface area contributed by atoms with Gasteiger partial charge in [-0.05, 0) is 56.9 Å². The zero-order chi connectivity index (χ0) is 15.2. The first-order valence-corrected chi connectivity index (χ1v) is 7.33. The number of carbonyl (C=O) groups is 2. The van der Waals surface area contributed by atoms with Crippen LogP contribution in [0, 0.1) is 11.7 Å². The van der Waals surface area contributed by atoms with Crippen molar-refractivity contribution in [1.82, 2.24) is 5.32 Å². The Bertz CT molecular complexity index is 493. The quantitative estimate of drug-likeness (QED) is 0.868. The van der Waals surface area contributed by atoms with E-state index in [2.05, 4.69) is 5.32 Å². The maximum Gasteiger partial charge on any atom is 0.308 e. The average Bonchev–Trinajstić information content (AvgIpc) is 2.49. The summed E-state index contributed by atoms with van der Waals surface area (Å²) in [6, 6.07) is 5.54. The maximum absolute atomic E-state index is 12.8. The predicted octanol–water partition coefficient (Wildman–Crippen LogP) is 2.68. The van der Waals surface area contributed by atoms with E-state index >= 15 is 0 Å². The Labute approximate surface area is 123 Å². The van der Waals surface area contributed by atoms with Crippen molar-refractivity contribution in [2.24, 2.45) is 5.92 Å². The normalized spacial score (nSPS) is 21.6. The van der Waals surface area contributed by atoms with Crippen LogP contribution in [0.15, 0.2) is 24.3 Å². The molecule has 4 nitrogen and oxygen atoms in total. The highest BCUT2D eigenvalue weighted by atomic mass is 19.1. The molecule has 114 valence electrons. The Morgan fingerprint density at radius 1 is 1.19 bits per heavy atom. The van der Waals surface area contributed by atoms with Crippen molar-refractivity contribution in [3.63, 3.8) is 0 Å². The fourth-order valence-electron chi connectivity index (χ4n) is 2.60. The van der Waals surface area contributed by atoms with Crippen molar-refractivity contribution in [2.75, 3.05) is 6.61 Å². The number of esters is 1. The molecule has 1 N–H and O–H groups in total. The third-order valence-electron chi connectivity index (χ3n) is 3.79. The van der Waals surface area contributed by atoms with E-state index in [4.69, 9.17) is 4.74 Å². The van der Waals surface area contributed by atoms with Crippen molar-refractivity contribution < 1.29 is 18.7 Å². The summed E-state index contributed by atoms with van der Waals surface area (Å²) in [6.07, 6.45) is 2.98. The van der Waals surface area contributed by atoms with Gasteiger partial charge in [-0.3, -0.25) is 9.59 Å². The first-order chi connectivity index (χ1) is 10.1. The SMILES string of the molecule is CCOC(=O)C1CCC(NC(=O)c2ccc(F)cc2)CC1. The highest BCUT2D eigenvalue weighted by molar-refractivity contribution is 5.94. The van der Waals surface area contributed by atoms with Crippen molar-refractivity contribution in [2.45, 2.75) is 38.6 Å². The van der Waals surface area contributed by atoms with Gasteiger partial charge >= 0.3 is 5.97 Å². The van der Waals surface area contributed by atoms with Crippen molar-refractivity contribution >= 4 is 11.9 Å². The molecule has 0 unspecified atom stereocenters. The fourth-order valence-corrected chi connectivity index (χ4v) is 2.60. The first-order valence-electron chi connectivity index (χ1n) is 7.33. The number of benzene rings is 1. The largest absolute Gasteiger partial charge is 0.466 e. The maximum atomic E-state index is 12.8. The van der Waals surface area contributed by atoms with Gasteiger partial charge in [0, 0.05) is 11.6 Å². The second kappa shape index (κ2) is 7.20. The van der Waals surface area contributed by atoms with E-state index in [-0.39, 0.29) is 29.7 Å². The third kappa shape index (κ3) is 4.28. The molecule has 0 aromatic heterocycles. The summed E-state index contributed by atoms with van der Waals surface area (Å²) >= 11 is 0. The molecule has 0 saturated heterocycles. The van der Waals surface area contributed by atoms with Gasteiger partial charge in [-0.15, -0.1) is 0 Å². The monoisotopic (exact) mass is 293 g/mol. The topological polar surface area (TPSA) is 55.4 Å². The molecule has 0 heterocycles. The molecule has 0 radical (unpaired) electrons. The standard InChI is InChI=1S/C16H20FNO3/c1-2-21-16(20)12-5-9-14(10-6-12)18-15(19)11-3-7-13(17)8-4-11/h3-4,7-8,12,14H,2,5-6,9-10H2,1H3,(H,18,19). The van der Waals surface area contributed by atoms with E-state index in [1.54, 1.807) is 6.92 Å². The lowest BCUT2D eigenvalue weighted by Crippen LogP contribution is -2.39. The zero-order valence-electron chi connectivity index (χ0n) is 12.1. The van der Waals surface area contributed by atoms with Gasteiger partial charge < -0.3 is 10.1 Å². The Hall–Kier alpha value is -1.91. The van der Waals surface area contributed by atoms with Crippen LogP contribution in [0.5, 0.6) is 0 Å². The lowest BCUT2D eigenvalue weighted by atomic mass is 9.86. The number of nitrogens with one attached hydrogen (secondary N) is 1. The Morgan fingerprint density at radius 3 is 2.38 bits per heavy atom. The Balaban J connectivity index is 1.82. The summed E-state index contributed by atoms with van der Waals surface area (Å²) in [4.78, 5) is 23.7. The second-order valence-corrected chi connectivity index (χ2v) is 5.28. The van der Waals surface area contributed by atoms with Crippen LogP contribution < -0.4 is 5.32 Å². The number of ether oxygens (including phenoxy) is 1. The van der Waals surface area contributed by atoms with Crippen LogP contribution >= 0.6 is 0 Å². The molecule has 1 aromatic carbocycles. The third-order valence-corrected chi connectivity index (χ3v) is 3.79. The molecule has 1 aromatic rings. The van der Waals surface area contributed by atoms with Gasteiger partial charge in [0.05, 0.1) is 12.5 Å². The summed E-state index contributed by atoms with van der Waals surface area (Å²) < 4.78 is 17.8. The van der Waals surface area contributed by atoms with Crippen molar-refractivity contribution in [1.29, 1.82) is 0 Å². The molecule has 0 atom stereocenters. The van der Waals surface area contributed by atoms with Crippen molar-refractivity contribution in [3.05, 3.63) is 35.6 Å². The molecule has 1 aliphatic rings. The van der Waals surface area contributed by atoms with Gasteiger partial charge in [0.15, 0.2) is 0 Å². The van der Waals surface area contributed by atoms with Crippen LogP contribution in [-0.2, 0) is 9.53 Å². The summed E-state index contributed by atoms with van der Waals surface area (Å²) in [5.41, 5.74) is 0.448. The van der Waals surface area contributed by atoms with Crippen LogP contribution in [0.3, 0.4) is 0 Å². The molecule has 1 aliphatic carbocycles. The average molecular weight is 293 g/mol. The van der Waals surface area contributed by atoms with Gasteiger partial charge in [0.1, 0.15) is 5.82 Å². The van der Waals surface area contributed by atoms with Gasteiger partial charge in [0.2, 0.25) is 0 Å². The van der Waals surface area contributed by atoms with Gasteiger partial charge in [0.25, 0.3) is 5.91 Å². The molecule has 1 fully saturated rings. The van der Waals surface area contributed by atoms with E-state index in [0.717, 1.165) is 25.7 Å². The van der Waals surface area contributed by atoms with Crippen LogP contribution in [0.25, 0.3) is 0 Å². The predicted molar refractivity (Wildman–Crippen MR) is 76.2 cm³/mol. The van der Waals surface area contributed by atoms with E-state index in [9.17, 15) is 14.0 Å². The molecule has 0 aliphatic heterocycles. The molecular weight excluding hydrogens is 273 g/mol. The lowest BCUT2D eigenvalue weighted by Gasteiger charge is -2.27. The molecule has 1 amide bonds. The van der Waals surface area contributed by atoms with E-state index in [1.807, 2.05) is 0 Å². The molecule has 0 bridgehead atoms. The number of rotatable bonds is 4. The number of amides is 1. The molecule has 0 spiro atoms. The van der Waals surface area contributed by atoms with E-state index in [0.29, 0.717) is 12.2 Å². The highest BCUT2D eigenvalue weighted by Gasteiger charge is 2.28. The summed E-state index contributed by atoms with van der Waals surface area (Å²) in [5, 5.41) is 2.93. The molecule has 2 rings (SSSR count). The van der Waals surface area contributed by atoms with Crippen LogP contribution in [0.2, 0.25) is 0 Å². The second-order valence-electron chi connectivity index (χ2n) is 5.28. The van der Waals surface area contributed by atoms with E-state index in [1.165, 1.54) is 24.3 Å². The van der Waals surface area contributed by atoms with Crippen LogP contribution in [0.4, 0.5) is 4.39 Å². The van der Waals surface area contributed by atoms with Gasteiger partial charge in [-0.1, -0.05) is 0 Å². The smallest absolute Gasteiger partial charge is 0.308 e. The summed E-state index contributed by atoms with van der Waals surface area (Å²) in [7, 11) is 0. The van der Waals surface area contributed by atoms with Crippen LogP contribution in [0.1, 0.15) is 43.0 Å². The number of halogens is 1. The summed E-state index contributed by atoms with van der Waals surface area (Å²) in [5.74, 6) is -0.749. The number of hydrogen-bond donors (Lipinski definition) is 1. The lowest BCUT2D eigenvalue weighted by molar-refractivity contribution is -0.149. The minimum Gasteiger partial charge on any atom is -0.466 e. The first kappa shape index (κ1) is 15.5. The van der Waals surface area contributed by atoms with Crippen LogP contribution in [-0.4, -0.2) is 24.5 Å². The molecular formula is C16H20FNO3. The summed E-state index contributed by atoms with van der Waals surface area (Å²) in [6.45, 7) is 2.20. The number of hydrogen-bond acceptors (Lipinski definition) is 3. The van der Waals surface area contributed by atoms with E-state index < -0.39 is 0 Å². The molecule has 1 saturated carbocycles. The minimum atomic E-state index is -0.360. The Kier molecular flexibility index (Phi) is 5.31. The highest BCUT2D eigenvalue weighted by Crippen LogP contribution is 2.25. The Morgan fingerprint density at radius 2 is 1.81 bits per heavy atom. The fraction of sp³-hybridized carbons (Fsp3) is 0.500. The van der Waals surface area contributed by atoms with Crippen molar-refractivity contribution in [3.8, 4) is 0 Å².